The summed E-state index contributed by atoms with van der Waals surface area (Å²) in [5, 5.41) is 23.4. The van der Waals surface area contributed by atoms with Gasteiger partial charge in [-0.1, -0.05) is 6.07 Å². The van der Waals surface area contributed by atoms with E-state index in [0.29, 0.717) is 17.7 Å². The quantitative estimate of drug-likeness (QED) is 0.0860. The minimum Gasteiger partial charge on any atom is -0.493 e. The Morgan fingerprint density at radius 3 is 2.16 bits per heavy atom. The Kier molecular flexibility index (Phi) is 12.1. The molecule has 0 saturated heterocycles. The van der Waals surface area contributed by atoms with Gasteiger partial charge in [-0.3, -0.25) is 15.0 Å². The number of nitrogens with one attached hydrogen (secondary N) is 3. The van der Waals surface area contributed by atoms with Crippen LogP contribution in [0.1, 0.15) is 41.6 Å². The minimum atomic E-state index is -5.08. The van der Waals surface area contributed by atoms with Gasteiger partial charge in [-0.15, -0.1) is 0 Å². The first-order valence-corrected chi connectivity index (χ1v) is 13.1. The molecular formula is C27H26F6N4O5S. The number of aliphatic carboxylic acids is 1. The lowest BCUT2D eigenvalue weighted by Crippen LogP contribution is -2.30. The van der Waals surface area contributed by atoms with Crippen LogP contribution in [0.25, 0.3) is 0 Å². The number of nitrogen functional groups attached to an aromatic ring is 1. The van der Waals surface area contributed by atoms with Crippen molar-refractivity contribution in [3.8, 4) is 5.75 Å². The van der Waals surface area contributed by atoms with E-state index in [0.717, 1.165) is 11.6 Å². The molecule has 0 saturated carbocycles. The highest BCUT2D eigenvalue weighted by Gasteiger charge is 2.38. The number of thiophene rings is 1. The van der Waals surface area contributed by atoms with E-state index >= 15 is 0 Å². The second kappa shape index (κ2) is 15.0. The molecule has 43 heavy (non-hydrogen) atoms. The van der Waals surface area contributed by atoms with Gasteiger partial charge in [0, 0.05) is 17.7 Å². The molecule has 16 heteroatoms. The van der Waals surface area contributed by atoms with Crippen molar-refractivity contribution in [2.45, 2.75) is 38.2 Å². The number of alkyl halides is 6. The molecule has 3 aromatic rings. The van der Waals surface area contributed by atoms with Gasteiger partial charge in [-0.25, -0.2) is 4.79 Å². The first-order valence-electron chi connectivity index (χ1n) is 12.2. The van der Waals surface area contributed by atoms with Crippen LogP contribution < -0.4 is 21.1 Å². The number of ether oxygens (including phenoxy) is 1. The largest absolute Gasteiger partial charge is 0.493 e. The minimum absolute atomic E-state index is 0.0953. The lowest BCUT2D eigenvalue weighted by atomic mass is 10.0. The number of carboxylic acids is 1. The van der Waals surface area contributed by atoms with Crippen LogP contribution in [0.15, 0.2) is 59.3 Å². The second-order valence-electron chi connectivity index (χ2n) is 8.79. The number of carboxylic acid groups (broad SMARTS) is 1. The summed E-state index contributed by atoms with van der Waals surface area (Å²) in [5.74, 6) is -4.40. The molecule has 0 bridgehead atoms. The van der Waals surface area contributed by atoms with E-state index in [4.69, 9.17) is 25.8 Å². The molecular weight excluding hydrogens is 606 g/mol. The summed E-state index contributed by atoms with van der Waals surface area (Å²) in [4.78, 5) is 33.4. The van der Waals surface area contributed by atoms with E-state index in [2.05, 4.69) is 10.6 Å². The van der Waals surface area contributed by atoms with Crippen LogP contribution >= 0.6 is 11.3 Å². The number of hydrogen-bond donors (Lipinski definition) is 5. The molecule has 0 radical (unpaired) electrons. The van der Waals surface area contributed by atoms with Crippen molar-refractivity contribution in [1.82, 2.24) is 5.32 Å². The Morgan fingerprint density at radius 1 is 1.02 bits per heavy atom. The third-order valence-electron chi connectivity index (χ3n) is 5.46. The SMILES string of the molecule is CC(NC(=O)CC(=O)Nc1ccc(C(=N)N)cc1)c1ccc(OCCc2ccsc2)c(C(F)(F)F)c1.O=C(O)C(F)(F)F. The molecule has 0 spiro atoms. The molecule has 0 aliphatic rings. The molecule has 0 aliphatic heterocycles. The maximum absolute atomic E-state index is 13.7. The number of benzene rings is 2. The molecule has 0 aliphatic carbocycles. The molecule has 6 N–H and O–H groups in total. The molecule has 0 fully saturated rings. The van der Waals surface area contributed by atoms with Crippen molar-refractivity contribution in [1.29, 1.82) is 5.41 Å². The van der Waals surface area contributed by atoms with Crippen LogP contribution in [0.3, 0.4) is 0 Å². The second-order valence-corrected chi connectivity index (χ2v) is 9.57. The monoisotopic (exact) mass is 632 g/mol. The van der Waals surface area contributed by atoms with Gasteiger partial charge in [0.25, 0.3) is 0 Å². The van der Waals surface area contributed by atoms with Crippen molar-refractivity contribution < 1.29 is 50.6 Å². The van der Waals surface area contributed by atoms with E-state index in [1.807, 2.05) is 16.8 Å². The zero-order valence-corrected chi connectivity index (χ0v) is 23.1. The van der Waals surface area contributed by atoms with Crippen molar-refractivity contribution in [3.05, 3.63) is 81.5 Å². The number of hydrogen-bond acceptors (Lipinski definition) is 6. The Labute approximate surface area is 245 Å². The molecule has 1 unspecified atom stereocenters. The van der Waals surface area contributed by atoms with Crippen molar-refractivity contribution in [2.75, 3.05) is 11.9 Å². The number of halogens is 6. The summed E-state index contributed by atoms with van der Waals surface area (Å²) in [7, 11) is 0. The topological polar surface area (TPSA) is 155 Å². The smallest absolute Gasteiger partial charge is 0.490 e. The van der Waals surface area contributed by atoms with Gasteiger partial charge < -0.3 is 26.2 Å². The van der Waals surface area contributed by atoms with Gasteiger partial charge in [0.15, 0.2) is 0 Å². The number of carbonyl (C=O) groups excluding carboxylic acids is 2. The number of rotatable bonds is 10. The van der Waals surface area contributed by atoms with Gasteiger partial charge >= 0.3 is 18.3 Å². The van der Waals surface area contributed by atoms with E-state index in [9.17, 15) is 35.9 Å². The number of carbonyl (C=O) groups is 3. The summed E-state index contributed by atoms with van der Waals surface area (Å²) in [6, 6.07) is 10.9. The van der Waals surface area contributed by atoms with Crippen molar-refractivity contribution in [3.63, 3.8) is 0 Å². The van der Waals surface area contributed by atoms with Crippen molar-refractivity contribution in [2.24, 2.45) is 5.73 Å². The van der Waals surface area contributed by atoms with E-state index < -0.39 is 48.2 Å². The van der Waals surface area contributed by atoms with E-state index in [-0.39, 0.29) is 23.8 Å². The number of nitrogens with two attached hydrogens (primary N) is 1. The number of amidine groups is 1. The molecule has 2 aromatic carbocycles. The molecule has 1 heterocycles. The fraction of sp³-hybridized carbons (Fsp3) is 0.259. The van der Waals surface area contributed by atoms with Crippen LogP contribution in [0.2, 0.25) is 0 Å². The fourth-order valence-electron chi connectivity index (χ4n) is 3.34. The average Bonchev–Trinajstić information content (AvgIpc) is 3.41. The highest BCUT2D eigenvalue weighted by atomic mass is 32.1. The predicted octanol–water partition coefficient (Wildman–Crippen LogP) is 5.51. The highest BCUT2D eigenvalue weighted by Crippen LogP contribution is 2.38. The number of anilines is 1. The van der Waals surface area contributed by atoms with Crippen LogP contribution in [0.5, 0.6) is 5.75 Å². The Hall–Kier alpha value is -4.60. The van der Waals surface area contributed by atoms with E-state index in [1.54, 1.807) is 12.1 Å². The molecule has 2 amide bonds. The molecule has 232 valence electrons. The molecule has 1 atom stereocenters. The lowest BCUT2D eigenvalue weighted by molar-refractivity contribution is -0.192. The highest BCUT2D eigenvalue weighted by molar-refractivity contribution is 7.07. The van der Waals surface area contributed by atoms with Crippen molar-refractivity contribution >= 4 is 40.6 Å². The van der Waals surface area contributed by atoms with Crippen LogP contribution in [-0.4, -0.2) is 41.5 Å². The fourth-order valence-corrected chi connectivity index (χ4v) is 4.04. The first kappa shape index (κ1) is 34.6. The lowest BCUT2D eigenvalue weighted by Gasteiger charge is -2.19. The van der Waals surface area contributed by atoms with Crippen LogP contribution in [0, 0.1) is 5.41 Å². The van der Waals surface area contributed by atoms with Gasteiger partial charge in [0.05, 0.1) is 18.2 Å². The third-order valence-corrected chi connectivity index (χ3v) is 6.19. The molecule has 9 nitrogen and oxygen atoms in total. The summed E-state index contributed by atoms with van der Waals surface area (Å²) >= 11 is 1.50. The van der Waals surface area contributed by atoms with Gasteiger partial charge in [0.2, 0.25) is 11.8 Å². The predicted molar refractivity (Wildman–Crippen MR) is 146 cm³/mol. The molecule has 3 rings (SSSR count). The standard InChI is InChI=1S/C25H25F3N4O3S.C2HF3O2/c1-15(31-22(33)13-23(34)32-19-5-2-17(3-6-19)24(29)30)18-4-7-21(20(12-18)25(26,27)28)35-10-8-16-9-11-36-14-16;3-2(4,5)1(6)7/h2-7,9,11-12,14-15H,8,10,13H2,1H3,(H3,29,30)(H,31,33)(H,32,34);(H,6,7). The maximum atomic E-state index is 13.7. The van der Waals surface area contributed by atoms with Gasteiger partial charge in [-0.2, -0.15) is 37.7 Å². The van der Waals surface area contributed by atoms with Crippen LogP contribution in [-0.2, 0) is 27.0 Å². The van der Waals surface area contributed by atoms with Gasteiger partial charge in [0.1, 0.15) is 18.0 Å². The summed E-state index contributed by atoms with van der Waals surface area (Å²) < 4.78 is 78.1. The van der Waals surface area contributed by atoms with Crippen LogP contribution in [0.4, 0.5) is 32.0 Å². The Balaban J connectivity index is 0.000000821. The zero-order valence-electron chi connectivity index (χ0n) is 22.3. The average molecular weight is 633 g/mol. The zero-order chi connectivity index (χ0) is 32.4. The Morgan fingerprint density at radius 2 is 1.65 bits per heavy atom. The van der Waals surface area contributed by atoms with E-state index in [1.165, 1.54) is 42.5 Å². The maximum Gasteiger partial charge on any atom is 0.490 e. The molecule has 1 aromatic heterocycles. The number of amides is 2. The summed E-state index contributed by atoms with van der Waals surface area (Å²) in [6.07, 6.45) is -9.76. The summed E-state index contributed by atoms with van der Waals surface area (Å²) in [6.45, 7) is 1.63. The van der Waals surface area contributed by atoms with Gasteiger partial charge in [-0.05, 0) is 71.3 Å². The normalized spacial score (nSPS) is 11.9. The first-order chi connectivity index (χ1) is 20.0. The Bertz CT molecular complexity index is 1410. The summed E-state index contributed by atoms with van der Waals surface area (Å²) in [5.41, 5.74) is 6.55. The third kappa shape index (κ3) is 11.7.